The predicted octanol–water partition coefficient (Wildman–Crippen LogP) is 1.64. The highest BCUT2D eigenvalue weighted by molar-refractivity contribution is 5.74. The van der Waals surface area contributed by atoms with E-state index in [4.69, 9.17) is 4.52 Å². The highest BCUT2D eigenvalue weighted by Gasteiger charge is 2.21. The van der Waals surface area contributed by atoms with Gasteiger partial charge in [0.2, 0.25) is 0 Å². The Labute approximate surface area is 109 Å². The molecule has 0 saturated heterocycles. The molecule has 1 N–H and O–H groups in total. The minimum absolute atomic E-state index is 0.522. The number of aromatic nitrogens is 4. The van der Waals surface area contributed by atoms with Crippen molar-refractivity contribution in [1.29, 1.82) is 0 Å². The maximum absolute atomic E-state index is 5.32. The van der Waals surface area contributed by atoms with E-state index < -0.39 is 0 Å². The van der Waals surface area contributed by atoms with Crippen molar-refractivity contribution in [2.45, 2.75) is 25.4 Å². The van der Waals surface area contributed by atoms with Crippen LogP contribution in [0.15, 0.2) is 35.1 Å². The summed E-state index contributed by atoms with van der Waals surface area (Å²) in [6.45, 7) is 0.660. The summed E-state index contributed by atoms with van der Waals surface area (Å²) >= 11 is 0. The van der Waals surface area contributed by atoms with Gasteiger partial charge < -0.3 is 9.84 Å². The molecule has 6 nitrogen and oxygen atoms in total. The first-order valence-corrected chi connectivity index (χ1v) is 6.39. The molecule has 3 aromatic heterocycles. The summed E-state index contributed by atoms with van der Waals surface area (Å²) in [5, 5.41) is 11.6. The summed E-state index contributed by atoms with van der Waals surface area (Å²) < 4.78 is 7.11. The van der Waals surface area contributed by atoms with Crippen LogP contribution in [0.25, 0.3) is 17.0 Å². The Morgan fingerprint density at radius 1 is 1.37 bits per heavy atom. The molecule has 1 saturated carbocycles. The van der Waals surface area contributed by atoms with E-state index in [0.717, 1.165) is 11.1 Å². The summed E-state index contributed by atoms with van der Waals surface area (Å²) in [6, 6.07) is 6.52. The van der Waals surface area contributed by atoms with Crippen molar-refractivity contribution in [1.82, 2.24) is 25.1 Å². The molecule has 0 bridgehead atoms. The zero-order valence-electron chi connectivity index (χ0n) is 10.3. The average Bonchev–Trinajstić information content (AvgIpc) is 3.00. The second-order valence-electron chi connectivity index (χ2n) is 4.76. The van der Waals surface area contributed by atoms with Crippen LogP contribution in [0.2, 0.25) is 0 Å². The lowest BCUT2D eigenvalue weighted by Crippen LogP contribution is -2.16. The van der Waals surface area contributed by atoms with E-state index in [9.17, 15) is 0 Å². The highest BCUT2D eigenvalue weighted by Crippen LogP contribution is 2.23. The first kappa shape index (κ1) is 10.7. The molecule has 6 heteroatoms. The van der Waals surface area contributed by atoms with Crippen LogP contribution in [0.1, 0.15) is 18.7 Å². The third-order valence-corrected chi connectivity index (χ3v) is 3.25. The molecule has 0 aromatic carbocycles. The van der Waals surface area contributed by atoms with Gasteiger partial charge in [-0.2, -0.15) is 10.1 Å². The van der Waals surface area contributed by atoms with Crippen molar-refractivity contribution >= 4 is 5.52 Å². The van der Waals surface area contributed by atoms with Crippen molar-refractivity contribution in [2.24, 2.45) is 0 Å². The van der Waals surface area contributed by atoms with Crippen molar-refractivity contribution < 1.29 is 4.52 Å². The van der Waals surface area contributed by atoms with Crippen LogP contribution in [0.5, 0.6) is 0 Å². The fourth-order valence-electron chi connectivity index (χ4n) is 2.06. The molecule has 1 aliphatic rings. The van der Waals surface area contributed by atoms with Gasteiger partial charge in [0, 0.05) is 12.2 Å². The average molecular weight is 255 g/mol. The molecule has 96 valence electrons. The maximum Gasteiger partial charge on any atom is 0.261 e. The van der Waals surface area contributed by atoms with Crippen LogP contribution in [-0.4, -0.2) is 25.8 Å². The van der Waals surface area contributed by atoms with E-state index in [2.05, 4.69) is 20.6 Å². The maximum atomic E-state index is 5.32. The Kier molecular flexibility index (Phi) is 2.34. The zero-order chi connectivity index (χ0) is 12.7. The van der Waals surface area contributed by atoms with Gasteiger partial charge in [-0.3, -0.25) is 0 Å². The Morgan fingerprint density at radius 3 is 3.21 bits per heavy atom. The molecule has 19 heavy (non-hydrogen) atoms. The van der Waals surface area contributed by atoms with Crippen molar-refractivity contribution in [3.63, 3.8) is 0 Å². The molecule has 1 aliphatic carbocycles. The van der Waals surface area contributed by atoms with E-state index in [1.807, 2.05) is 24.4 Å². The largest absolute Gasteiger partial charge is 0.334 e. The number of rotatable bonds is 4. The molecule has 3 heterocycles. The zero-order valence-corrected chi connectivity index (χ0v) is 10.3. The molecular formula is C13H13N5O. The normalized spacial score (nSPS) is 15.2. The lowest BCUT2D eigenvalue weighted by molar-refractivity contribution is 0.419. The van der Waals surface area contributed by atoms with Crippen LogP contribution < -0.4 is 5.32 Å². The number of hydrogen-bond donors (Lipinski definition) is 1. The van der Waals surface area contributed by atoms with Crippen LogP contribution >= 0.6 is 0 Å². The lowest BCUT2D eigenvalue weighted by Gasteiger charge is -1.94. The summed E-state index contributed by atoms with van der Waals surface area (Å²) in [5.74, 6) is 1.21. The molecule has 0 radical (unpaired) electrons. The smallest absolute Gasteiger partial charge is 0.261 e. The van der Waals surface area contributed by atoms with Crippen molar-refractivity contribution in [3.05, 3.63) is 36.4 Å². The van der Waals surface area contributed by atoms with Gasteiger partial charge in [0.25, 0.3) is 5.89 Å². The molecular weight excluding hydrogens is 242 g/mol. The summed E-state index contributed by atoms with van der Waals surface area (Å²) in [5.41, 5.74) is 1.83. The van der Waals surface area contributed by atoms with E-state index in [1.54, 1.807) is 10.7 Å². The Bertz CT molecular complexity index is 712. The van der Waals surface area contributed by atoms with E-state index >= 15 is 0 Å². The third kappa shape index (κ3) is 2.00. The van der Waals surface area contributed by atoms with E-state index in [-0.39, 0.29) is 0 Å². The number of pyridine rings is 1. The van der Waals surface area contributed by atoms with Gasteiger partial charge in [-0.1, -0.05) is 11.2 Å². The van der Waals surface area contributed by atoms with Gasteiger partial charge in [-0.25, -0.2) is 4.52 Å². The molecule has 0 amide bonds. The quantitative estimate of drug-likeness (QED) is 0.767. The molecule has 3 aromatic rings. The number of fused-ring (bicyclic) bond motifs is 1. The topological polar surface area (TPSA) is 68.2 Å². The SMILES string of the molecule is c1ccn2ncc(-c3nc(CNC4CC4)no3)c2c1. The van der Waals surface area contributed by atoms with Crippen LogP contribution in [0, 0.1) is 0 Å². The van der Waals surface area contributed by atoms with Gasteiger partial charge >= 0.3 is 0 Å². The van der Waals surface area contributed by atoms with Gasteiger partial charge in [0.15, 0.2) is 5.82 Å². The van der Waals surface area contributed by atoms with Crippen molar-refractivity contribution in [3.8, 4) is 11.5 Å². The second kappa shape index (κ2) is 4.17. The van der Waals surface area contributed by atoms with E-state index in [1.165, 1.54) is 12.8 Å². The van der Waals surface area contributed by atoms with Gasteiger partial charge in [-0.05, 0) is 25.0 Å². The Hall–Kier alpha value is -2.21. The number of hydrogen-bond acceptors (Lipinski definition) is 5. The molecule has 1 fully saturated rings. The Morgan fingerprint density at radius 2 is 2.32 bits per heavy atom. The Balaban J connectivity index is 1.64. The molecule has 0 atom stereocenters. The van der Waals surface area contributed by atoms with Gasteiger partial charge in [0.05, 0.1) is 23.8 Å². The van der Waals surface area contributed by atoms with Gasteiger partial charge in [-0.15, -0.1) is 0 Å². The number of nitrogens with zero attached hydrogens (tertiary/aromatic N) is 4. The predicted molar refractivity (Wildman–Crippen MR) is 68.3 cm³/mol. The lowest BCUT2D eigenvalue weighted by atomic mass is 10.2. The minimum Gasteiger partial charge on any atom is -0.334 e. The summed E-state index contributed by atoms with van der Waals surface area (Å²) in [4.78, 5) is 4.41. The molecule has 0 spiro atoms. The van der Waals surface area contributed by atoms with Crippen LogP contribution in [0.3, 0.4) is 0 Å². The second-order valence-corrected chi connectivity index (χ2v) is 4.76. The standard InChI is InChI=1S/C13H13N5O/c1-2-6-18-11(3-1)10(7-15-18)13-16-12(17-19-13)8-14-9-4-5-9/h1-3,6-7,9,14H,4-5,8H2. The number of nitrogens with one attached hydrogen (secondary N) is 1. The fraction of sp³-hybridized carbons (Fsp3) is 0.308. The monoisotopic (exact) mass is 255 g/mol. The minimum atomic E-state index is 0.522. The van der Waals surface area contributed by atoms with Gasteiger partial charge in [0.1, 0.15) is 0 Å². The molecule has 4 rings (SSSR count). The first-order chi connectivity index (χ1) is 9.40. The fourth-order valence-corrected chi connectivity index (χ4v) is 2.06. The van der Waals surface area contributed by atoms with E-state index in [0.29, 0.717) is 24.3 Å². The first-order valence-electron chi connectivity index (χ1n) is 6.39. The summed E-state index contributed by atoms with van der Waals surface area (Å²) in [7, 11) is 0. The third-order valence-electron chi connectivity index (χ3n) is 3.25. The molecule has 0 unspecified atom stereocenters. The van der Waals surface area contributed by atoms with Crippen molar-refractivity contribution in [2.75, 3.05) is 0 Å². The van der Waals surface area contributed by atoms with Crippen LogP contribution in [-0.2, 0) is 6.54 Å². The molecule has 0 aliphatic heterocycles. The van der Waals surface area contributed by atoms with Crippen LogP contribution in [0.4, 0.5) is 0 Å². The summed E-state index contributed by atoms with van der Waals surface area (Å²) in [6.07, 6.45) is 6.14. The highest BCUT2D eigenvalue weighted by atomic mass is 16.5.